The first-order valence-electron chi connectivity index (χ1n) is 8.64. The Hall–Kier alpha value is -3.35. The summed E-state index contributed by atoms with van der Waals surface area (Å²) in [5.74, 6) is -0.0853. The fraction of sp³-hybridized carbons (Fsp3) is 0.250. The lowest BCUT2D eigenvalue weighted by atomic mass is 10.1. The van der Waals surface area contributed by atoms with Gasteiger partial charge in [-0.15, -0.1) is 0 Å². The van der Waals surface area contributed by atoms with Gasteiger partial charge in [0, 0.05) is 24.2 Å². The maximum Gasteiger partial charge on any atom is 0.513 e. The minimum Gasteiger partial charge on any atom is -0.434 e. The van der Waals surface area contributed by atoms with E-state index in [1.807, 2.05) is 18.2 Å². The number of ether oxygens (including phenoxy) is 2. The molecular formula is C20H22N2O5. The molecule has 0 bridgehead atoms. The molecule has 0 aliphatic carbocycles. The van der Waals surface area contributed by atoms with Crippen molar-refractivity contribution in [1.29, 1.82) is 0 Å². The largest absolute Gasteiger partial charge is 0.513 e. The first-order valence-corrected chi connectivity index (χ1v) is 8.64. The van der Waals surface area contributed by atoms with E-state index in [1.54, 1.807) is 32.0 Å². The van der Waals surface area contributed by atoms with Crippen LogP contribution in [-0.2, 0) is 16.1 Å². The van der Waals surface area contributed by atoms with Crippen molar-refractivity contribution in [2.24, 2.45) is 0 Å². The maximum atomic E-state index is 12.3. The molecule has 2 aromatic carbocycles. The molecule has 0 fully saturated rings. The molecule has 2 amide bonds. The van der Waals surface area contributed by atoms with Gasteiger partial charge in [0.05, 0.1) is 6.61 Å². The van der Waals surface area contributed by atoms with Gasteiger partial charge in [-0.3, -0.25) is 9.59 Å². The van der Waals surface area contributed by atoms with Gasteiger partial charge in [0.2, 0.25) is 5.91 Å². The van der Waals surface area contributed by atoms with Gasteiger partial charge in [0.15, 0.2) is 0 Å². The third-order valence-electron chi connectivity index (χ3n) is 3.63. The number of nitrogens with one attached hydrogen (secondary N) is 2. The lowest BCUT2D eigenvalue weighted by Crippen LogP contribution is -2.23. The van der Waals surface area contributed by atoms with Crippen molar-refractivity contribution in [3.63, 3.8) is 0 Å². The van der Waals surface area contributed by atoms with Crippen LogP contribution in [0.15, 0.2) is 48.5 Å². The van der Waals surface area contributed by atoms with E-state index in [1.165, 1.54) is 12.1 Å². The summed E-state index contributed by atoms with van der Waals surface area (Å²) in [5, 5.41) is 5.61. The number of rotatable bonds is 7. The van der Waals surface area contributed by atoms with Gasteiger partial charge in [0.25, 0.3) is 5.91 Å². The number of anilines is 1. The van der Waals surface area contributed by atoms with Crippen LogP contribution in [0.4, 0.5) is 10.5 Å². The number of carbonyl (C=O) groups excluding carboxylic acids is 3. The summed E-state index contributed by atoms with van der Waals surface area (Å²) >= 11 is 0. The first-order chi connectivity index (χ1) is 13.0. The number of hydrogen-bond donors (Lipinski definition) is 2. The highest BCUT2D eigenvalue weighted by molar-refractivity contribution is 5.94. The number of para-hydroxylation sites is 1. The monoisotopic (exact) mass is 370 g/mol. The van der Waals surface area contributed by atoms with Crippen molar-refractivity contribution in [2.45, 2.75) is 26.8 Å². The van der Waals surface area contributed by atoms with Crippen molar-refractivity contribution in [2.75, 3.05) is 11.9 Å². The van der Waals surface area contributed by atoms with Crippen LogP contribution in [0.2, 0.25) is 0 Å². The van der Waals surface area contributed by atoms with Crippen LogP contribution >= 0.6 is 0 Å². The average Bonchev–Trinajstić information content (AvgIpc) is 2.67. The molecule has 0 saturated heterocycles. The van der Waals surface area contributed by atoms with Crippen LogP contribution in [0.5, 0.6) is 5.75 Å². The fourth-order valence-corrected chi connectivity index (χ4v) is 2.23. The van der Waals surface area contributed by atoms with Crippen LogP contribution in [0.1, 0.15) is 36.2 Å². The van der Waals surface area contributed by atoms with Gasteiger partial charge in [-0.2, -0.15) is 0 Å². The summed E-state index contributed by atoms with van der Waals surface area (Å²) in [4.78, 5) is 35.2. The van der Waals surface area contributed by atoms with Crippen molar-refractivity contribution >= 4 is 23.7 Å². The first kappa shape index (κ1) is 20.0. The molecule has 0 aliphatic rings. The van der Waals surface area contributed by atoms with Gasteiger partial charge in [-0.1, -0.05) is 25.1 Å². The minimum atomic E-state index is -0.791. The summed E-state index contributed by atoms with van der Waals surface area (Å²) in [5.41, 5.74) is 1.89. The molecule has 0 spiro atoms. The van der Waals surface area contributed by atoms with E-state index in [4.69, 9.17) is 4.74 Å². The van der Waals surface area contributed by atoms with Crippen LogP contribution in [0.3, 0.4) is 0 Å². The van der Waals surface area contributed by atoms with Gasteiger partial charge in [0.1, 0.15) is 5.75 Å². The van der Waals surface area contributed by atoms with Gasteiger partial charge >= 0.3 is 6.16 Å². The van der Waals surface area contributed by atoms with Crippen molar-refractivity contribution < 1.29 is 23.9 Å². The van der Waals surface area contributed by atoms with E-state index >= 15 is 0 Å². The number of hydrogen-bond acceptors (Lipinski definition) is 5. The van der Waals surface area contributed by atoms with E-state index < -0.39 is 6.16 Å². The highest BCUT2D eigenvalue weighted by Crippen LogP contribution is 2.16. The Morgan fingerprint density at radius 3 is 2.33 bits per heavy atom. The average molecular weight is 370 g/mol. The maximum absolute atomic E-state index is 12.3. The lowest BCUT2D eigenvalue weighted by molar-refractivity contribution is -0.115. The molecule has 2 aromatic rings. The molecule has 0 heterocycles. The molecule has 0 radical (unpaired) electrons. The molecule has 0 unspecified atom stereocenters. The third-order valence-corrected chi connectivity index (χ3v) is 3.63. The summed E-state index contributed by atoms with van der Waals surface area (Å²) in [7, 11) is 0. The summed E-state index contributed by atoms with van der Waals surface area (Å²) in [6, 6.07) is 13.4. The molecule has 7 heteroatoms. The predicted octanol–water partition coefficient (Wildman–Crippen LogP) is 3.50. The number of benzene rings is 2. The highest BCUT2D eigenvalue weighted by atomic mass is 16.7. The minimum absolute atomic E-state index is 0.0917. The second-order valence-corrected chi connectivity index (χ2v) is 5.55. The Bertz CT molecular complexity index is 802. The fourth-order valence-electron chi connectivity index (χ4n) is 2.23. The van der Waals surface area contributed by atoms with Crippen LogP contribution in [-0.4, -0.2) is 24.6 Å². The van der Waals surface area contributed by atoms with Gasteiger partial charge in [-0.25, -0.2) is 4.79 Å². The molecule has 2 N–H and O–H groups in total. The molecule has 0 atom stereocenters. The Labute approximate surface area is 157 Å². The number of carbonyl (C=O) groups is 3. The highest BCUT2D eigenvalue weighted by Gasteiger charge is 2.10. The van der Waals surface area contributed by atoms with Gasteiger partial charge < -0.3 is 20.1 Å². The summed E-state index contributed by atoms with van der Waals surface area (Å²) < 4.78 is 9.64. The van der Waals surface area contributed by atoms with E-state index in [2.05, 4.69) is 15.4 Å². The van der Waals surface area contributed by atoms with E-state index in [0.29, 0.717) is 17.7 Å². The third kappa shape index (κ3) is 6.14. The quantitative estimate of drug-likeness (QED) is 0.575. The van der Waals surface area contributed by atoms with Crippen LogP contribution in [0, 0.1) is 0 Å². The van der Waals surface area contributed by atoms with Gasteiger partial charge in [-0.05, 0) is 42.8 Å². The van der Waals surface area contributed by atoms with Crippen molar-refractivity contribution in [3.8, 4) is 5.75 Å². The zero-order chi connectivity index (χ0) is 19.6. The Morgan fingerprint density at radius 2 is 1.67 bits per heavy atom. The zero-order valence-electron chi connectivity index (χ0n) is 15.3. The predicted molar refractivity (Wildman–Crippen MR) is 101 cm³/mol. The second-order valence-electron chi connectivity index (χ2n) is 5.55. The van der Waals surface area contributed by atoms with Crippen molar-refractivity contribution in [3.05, 3.63) is 59.7 Å². The Balaban J connectivity index is 1.96. The molecule has 0 saturated carbocycles. The zero-order valence-corrected chi connectivity index (χ0v) is 15.3. The topological polar surface area (TPSA) is 93.7 Å². The molecule has 142 valence electrons. The standard InChI is InChI=1S/C20H22N2O5/c1-3-18(23)22-17-8-6-5-7-15(17)13-21-19(24)14-9-11-16(12-10-14)27-20(25)26-4-2/h5-12H,3-4,13H2,1-2H3,(H,21,24)(H,22,23). The summed E-state index contributed by atoms with van der Waals surface area (Å²) in [6.07, 6.45) is -0.415. The second kappa shape index (κ2) is 9.96. The van der Waals surface area contributed by atoms with E-state index in [-0.39, 0.29) is 30.7 Å². The lowest BCUT2D eigenvalue weighted by Gasteiger charge is -2.12. The normalized spacial score (nSPS) is 10.0. The van der Waals surface area contributed by atoms with Crippen LogP contribution in [0.25, 0.3) is 0 Å². The number of amides is 2. The molecule has 0 aromatic heterocycles. The molecule has 7 nitrogen and oxygen atoms in total. The molecule has 2 rings (SSSR count). The molecule has 27 heavy (non-hydrogen) atoms. The Morgan fingerprint density at radius 1 is 0.963 bits per heavy atom. The van der Waals surface area contributed by atoms with Crippen LogP contribution < -0.4 is 15.4 Å². The molecular weight excluding hydrogens is 348 g/mol. The van der Waals surface area contributed by atoms with E-state index in [0.717, 1.165) is 5.56 Å². The summed E-state index contributed by atoms with van der Waals surface area (Å²) in [6.45, 7) is 3.94. The smallest absolute Gasteiger partial charge is 0.434 e. The SMILES string of the molecule is CCOC(=O)Oc1ccc(C(=O)NCc2ccccc2NC(=O)CC)cc1. The Kier molecular flexibility index (Phi) is 7.37. The van der Waals surface area contributed by atoms with Crippen molar-refractivity contribution in [1.82, 2.24) is 5.32 Å². The van der Waals surface area contributed by atoms with E-state index in [9.17, 15) is 14.4 Å². The molecule has 0 aliphatic heterocycles.